The molecule has 6 nitrogen and oxygen atoms in total. The molecule has 0 fully saturated rings. The molecule has 1 aromatic rings. The minimum atomic E-state index is -5.21. The summed E-state index contributed by atoms with van der Waals surface area (Å²) in [6, 6.07) is 1.34. The summed E-state index contributed by atoms with van der Waals surface area (Å²) < 4.78 is 65.3. The molecule has 0 radical (unpaired) electrons. The van der Waals surface area contributed by atoms with Crippen molar-refractivity contribution in [2.75, 3.05) is 0 Å². The lowest BCUT2D eigenvalue weighted by Crippen LogP contribution is -2.19. The van der Waals surface area contributed by atoms with Gasteiger partial charge in [-0.2, -0.15) is 5.26 Å². The van der Waals surface area contributed by atoms with Gasteiger partial charge in [-0.15, -0.1) is 13.2 Å². The lowest BCUT2D eigenvalue weighted by molar-refractivity contribution is -0.391. The van der Waals surface area contributed by atoms with Crippen LogP contribution in [0, 0.1) is 21.4 Å². The van der Waals surface area contributed by atoms with E-state index >= 15 is 0 Å². The minimum absolute atomic E-state index is 0.282. The van der Waals surface area contributed by atoms with Crippen LogP contribution >= 0.6 is 0 Å². The first-order valence-corrected chi connectivity index (χ1v) is 4.74. The van der Waals surface area contributed by atoms with Gasteiger partial charge in [0.05, 0.1) is 12.5 Å². The summed E-state index contributed by atoms with van der Waals surface area (Å²) in [5, 5.41) is 19.0. The van der Waals surface area contributed by atoms with Gasteiger partial charge in [-0.05, 0) is 9.91 Å². The van der Waals surface area contributed by atoms with Crippen molar-refractivity contribution in [2.24, 2.45) is 0 Å². The van der Waals surface area contributed by atoms with E-state index < -0.39 is 46.8 Å². The maximum Gasteiger partial charge on any atom is 0.573 e. The molecule has 0 saturated carbocycles. The highest BCUT2D eigenvalue weighted by molar-refractivity contribution is 5.49. The van der Waals surface area contributed by atoms with E-state index in [2.05, 4.69) is 9.72 Å². The Kier molecular flexibility index (Phi) is 4.38. The Bertz CT molecular complexity index is 567. The van der Waals surface area contributed by atoms with Crippen molar-refractivity contribution in [3.63, 3.8) is 0 Å². The molecule has 0 atom stereocenters. The first kappa shape index (κ1) is 15.5. The molecule has 1 aromatic heterocycles. The maximum atomic E-state index is 12.8. The molecule has 0 amide bonds. The van der Waals surface area contributed by atoms with E-state index in [1.165, 1.54) is 6.07 Å². The zero-order valence-electron chi connectivity index (χ0n) is 9.32. The molecule has 0 N–H and O–H groups in total. The van der Waals surface area contributed by atoms with Crippen molar-refractivity contribution < 1.29 is 31.6 Å². The monoisotopic (exact) mass is 297 g/mol. The van der Waals surface area contributed by atoms with Crippen LogP contribution in [-0.4, -0.2) is 16.3 Å². The van der Waals surface area contributed by atoms with Crippen molar-refractivity contribution in [1.82, 2.24) is 4.98 Å². The fourth-order valence-corrected chi connectivity index (χ4v) is 1.38. The number of nitro groups is 1. The third kappa shape index (κ3) is 3.50. The standard InChI is InChI=1S/C9H4F5N3O3/c10-7(11)6-4(1-2-15)5(20-9(12,13)14)3-16-8(6)17(18)19/h3,7H,1H2. The van der Waals surface area contributed by atoms with Gasteiger partial charge in [0.2, 0.25) is 0 Å². The van der Waals surface area contributed by atoms with Crippen molar-refractivity contribution in [2.45, 2.75) is 19.2 Å². The number of nitriles is 1. The number of nitrogens with zero attached hydrogens (tertiary/aromatic N) is 3. The smallest absolute Gasteiger partial charge is 0.401 e. The molecule has 0 aromatic carbocycles. The van der Waals surface area contributed by atoms with E-state index in [1.54, 1.807) is 0 Å². The fraction of sp³-hybridized carbons (Fsp3) is 0.333. The number of alkyl halides is 5. The van der Waals surface area contributed by atoms with E-state index in [1.807, 2.05) is 0 Å². The highest BCUT2D eigenvalue weighted by Crippen LogP contribution is 2.37. The summed E-state index contributed by atoms with van der Waals surface area (Å²) in [4.78, 5) is 12.2. The molecular weight excluding hydrogens is 293 g/mol. The van der Waals surface area contributed by atoms with Crippen LogP contribution in [0.3, 0.4) is 0 Å². The Morgan fingerprint density at radius 2 is 2.10 bits per heavy atom. The normalized spacial score (nSPS) is 11.2. The second-order valence-electron chi connectivity index (χ2n) is 3.28. The number of hydrogen-bond donors (Lipinski definition) is 0. The number of aromatic nitrogens is 1. The molecule has 1 rings (SSSR count). The predicted molar refractivity (Wildman–Crippen MR) is 51.8 cm³/mol. The van der Waals surface area contributed by atoms with Crippen LogP contribution in [0.15, 0.2) is 6.20 Å². The Labute approximate surface area is 107 Å². The molecule has 0 saturated heterocycles. The molecule has 20 heavy (non-hydrogen) atoms. The summed E-state index contributed by atoms with van der Waals surface area (Å²) in [7, 11) is 0. The molecule has 0 spiro atoms. The molecule has 0 bridgehead atoms. The van der Waals surface area contributed by atoms with Crippen LogP contribution in [0.1, 0.15) is 17.6 Å². The van der Waals surface area contributed by atoms with E-state index in [0.29, 0.717) is 0 Å². The second kappa shape index (κ2) is 5.64. The van der Waals surface area contributed by atoms with E-state index in [-0.39, 0.29) is 6.20 Å². The van der Waals surface area contributed by atoms with E-state index in [9.17, 15) is 32.1 Å². The van der Waals surface area contributed by atoms with Crippen LogP contribution < -0.4 is 4.74 Å². The summed E-state index contributed by atoms with van der Waals surface area (Å²) in [5.74, 6) is -2.49. The summed E-state index contributed by atoms with van der Waals surface area (Å²) >= 11 is 0. The third-order valence-electron chi connectivity index (χ3n) is 2.04. The van der Waals surface area contributed by atoms with Crippen LogP contribution in [-0.2, 0) is 6.42 Å². The molecule has 0 aliphatic heterocycles. The van der Waals surface area contributed by atoms with Crippen LogP contribution in [0.4, 0.5) is 27.8 Å². The first-order chi connectivity index (χ1) is 9.17. The quantitative estimate of drug-likeness (QED) is 0.484. The van der Waals surface area contributed by atoms with Crippen LogP contribution in [0.25, 0.3) is 0 Å². The predicted octanol–water partition coefficient (Wildman–Crippen LogP) is 2.89. The maximum absolute atomic E-state index is 12.8. The topological polar surface area (TPSA) is 89.0 Å². The summed E-state index contributed by atoms with van der Waals surface area (Å²) in [6.07, 6.45) is -9.33. The molecule has 0 unspecified atom stereocenters. The zero-order valence-corrected chi connectivity index (χ0v) is 9.32. The zero-order chi connectivity index (χ0) is 15.5. The average Bonchev–Trinajstić information content (AvgIpc) is 2.28. The molecule has 0 aliphatic carbocycles. The Balaban J connectivity index is 3.52. The van der Waals surface area contributed by atoms with Crippen LogP contribution in [0.5, 0.6) is 5.75 Å². The van der Waals surface area contributed by atoms with Gasteiger partial charge in [-0.25, -0.2) is 8.78 Å². The molecule has 0 aliphatic rings. The number of hydrogen-bond acceptors (Lipinski definition) is 5. The highest BCUT2D eigenvalue weighted by atomic mass is 19.4. The van der Waals surface area contributed by atoms with Gasteiger partial charge in [-0.1, -0.05) is 0 Å². The average molecular weight is 297 g/mol. The van der Waals surface area contributed by atoms with Crippen molar-refractivity contribution in [3.8, 4) is 11.8 Å². The van der Waals surface area contributed by atoms with Gasteiger partial charge < -0.3 is 14.9 Å². The third-order valence-corrected chi connectivity index (χ3v) is 2.04. The lowest BCUT2D eigenvalue weighted by atomic mass is 10.1. The SMILES string of the molecule is N#CCc1c(OC(F)(F)F)cnc([N+](=O)[O-])c1C(F)F. The van der Waals surface area contributed by atoms with Gasteiger partial charge in [0.1, 0.15) is 5.56 Å². The number of ether oxygens (including phenoxy) is 1. The Morgan fingerprint density at radius 3 is 2.50 bits per heavy atom. The number of pyridine rings is 1. The molecule has 108 valence electrons. The fourth-order valence-electron chi connectivity index (χ4n) is 1.38. The van der Waals surface area contributed by atoms with Crippen molar-refractivity contribution in [3.05, 3.63) is 27.4 Å². The summed E-state index contributed by atoms with van der Waals surface area (Å²) in [5.41, 5.74) is -2.28. The van der Waals surface area contributed by atoms with Crippen LogP contribution in [0.2, 0.25) is 0 Å². The molecule has 11 heteroatoms. The lowest BCUT2D eigenvalue weighted by Gasteiger charge is -2.13. The Morgan fingerprint density at radius 1 is 1.50 bits per heavy atom. The Hall–Kier alpha value is -2.51. The van der Waals surface area contributed by atoms with Gasteiger partial charge >= 0.3 is 12.2 Å². The van der Waals surface area contributed by atoms with Gasteiger partial charge in [-0.3, -0.25) is 0 Å². The van der Waals surface area contributed by atoms with Crippen molar-refractivity contribution in [1.29, 1.82) is 5.26 Å². The van der Waals surface area contributed by atoms with Gasteiger partial charge in [0, 0.05) is 5.56 Å². The minimum Gasteiger partial charge on any atom is -0.401 e. The number of rotatable bonds is 4. The van der Waals surface area contributed by atoms with Gasteiger partial charge in [0.15, 0.2) is 11.9 Å². The van der Waals surface area contributed by atoms with Crippen molar-refractivity contribution >= 4 is 5.82 Å². The summed E-state index contributed by atoms with van der Waals surface area (Å²) in [6.45, 7) is 0. The first-order valence-electron chi connectivity index (χ1n) is 4.74. The van der Waals surface area contributed by atoms with Gasteiger partial charge in [0.25, 0.3) is 6.43 Å². The van der Waals surface area contributed by atoms with E-state index in [0.717, 1.165) is 0 Å². The number of halogens is 5. The highest BCUT2D eigenvalue weighted by Gasteiger charge is 2.36. The second-order valence-corrected chi connectivity index (χ2v) is 3.28. The molecule has 1 heterocycles. The van der Waals surface area contributed by atoms with E-state index in [4.69, 9.17) is 5.26 Å². The molecular formula is C9H4F5N3O3. The largest absolute Gasteiger partial charge is 0.573 e.